The van der Waals surface area contributed by atoms with Crippen molar-refractivity contribution >= 4 is 0 Å². The van der Waals surface area contributed by atoms with E-state index in [2.05, 4.69) is 15.3 Å². The topological polar surface area (TPSA) is 101 Å². The van der Waals surface area contributed by atoms with Crippen molar-refractivity contribution in [2.75, 3.05) is 13.1 Å². The fourth-order valence-electron chi connectivity index (χ4n) is 2.30. The maximum atomic E-state index is 10.1. The van der Waals surface area contributed by atoms with Crippen LogP contribution in [-0.4, -0.2) is 29.4 Å². The van der Waals surface area contributed by atoms with Gasteiger partial charge >= 0.3 is 0 Å². The lowest BCUT2D eigenvalue weighted by Crippen LogP contribution is -2.24. The van der Waals surface area contributed by atoms with E-state index in [4.69, 9.17) is 5.53 Å². The molecule has 3 N–H and O–H groups in total. The minimum Gasteiger partial charge on any atom is -0.390 e. The molecule has 0 saturated heterocycles. The second-order valence-electron chi connectivity index (χ2n) is 4.71. The highest BCUT2D eigenvalue weighted by Gasteiger charge is 2.19. The van der Waals surface area contributed by atoms with Crippen LogP contribution in [0.4, 0.5) is 0 Å². The fraction of sp³-hybridized carbons (Fsp3) is 0.538. The van der Waals surface area contributed by atoms with Gasteiger partial charge in [0.1, 0.15) is 6.10 Å². The van der Waals surface area contributed by atoms with Crippen molar-refractivity contribution in [3.63, 3.8) is 0 Å². The Balaban J connectivity index is 2.05. The first kappa shape index (κ1) is 13.8. The summed E-state index contributed by atoms with van der Waals surface area (Å²) in [6.07, 6.45) is -0.618. The second kappa shape index (κ2) is 6.54. The Hall–Kier alpha value is -1.59. The molecule has 2 unspecified atom stereocenters. The molecule has 1 aromatic carbocycles. The Bertz CT molecular complexity index is 486. The van der Waals surface area contributed by atoms with Gasteiger partial charge in [0.25, 0.3) is 0 Å². The lowest BCUT2D eigenvalue weighted by atomic mass is 9.94. The zero-order valence-corrected chi connectivity index (χ0v) is 10.7. The summed E-state index contributed by atoms with van der Waals surface area (Å²) < 4.78 is 0. The van der Waals surface area contributed by atoms with Crippen LogP contribution in [0.5, 0.6) is 0 Å². The van der Waals surface area contributed by atoms with Crippen molar-refractivity contribution in [1.82, 2.24) is 5.32 Å². The molecule has 6 nitrogen and oxygen atoms in total. The van der Waals surface area contributed by atoms with Crippen LogP contribution in [0.25, 0.3) is 10.4 Å². The highest BCUT2D eigenvalue weighted by Crippen LogP contribution is 2.23. The molecule has 0 bridgehead atoms. The summed E-state index contributed by atoms with van der Waals surface area (Å²) in [5.41, 5.74) is 11.3. The van der Waals surface area contributed by atoms with Gasteiger partial charge in [-0.2, -0.15) is 0 Å². The number of benzene rings is 1. The van der Waals surface area contributed by atoms with Crippen LogP contribution < -0.4 is 5.32 Å². The maximum Gasteiger partial charge on any atom is 0.105 e. The van der Waals surface area contributed by atoms with Crippen LogP contribution >= 0.6 is 0 Å². The van der Waals surface area contributed by atoms with Gasteiger partial charge in [-0.05, 0) is 41.6 Å². The van der Waals surface area contributed by atoms with E-state index < -0.39 is 12.2 Å². The van der Waals surface area contributed by atoms with E-state index >= 15 is 0 Å². The average Bonchev–Trinajstić information content (AvgIpc) is 2.46. The average molecular weight is 262 g/mol. The summed E-state index contributed by atoms with van der Waals surface area (Å²) in [5.74, 6) is 0. The minimum absolute atomic E-state index is 0.182. The van der Waals surface area contributed by atoms with Gasteiger partial charge in [0.2, 0.25) is 0 Å². The molecule has 0 amide bonds. The molecule has 0 saturated carbocycles. The van der Waals surface area contributed by atoms with E-state index in [0.29, 0.717) is 5.56 Å². The number of nitrogens with one attached hydrogen (secondary N) is 1. The van der Waals surface area contributed by atoms with Crippen LogP contribution in [-0.2, 0) is 13.0 Å². The predicted molar refractivity (Wildman–Crippen MR) is 71.4 cm³/mol. The van der Waals surface area contributed by atoms with Gasteiger partial charge in [-0.3, -0.25) is 0 Å². The van der Waals surface area contributed by atoms with Gasteiger partial charge in [0.05, 0.1) is 6.10 Å². The van der Waals surface area contributed by atoms with Gasteiger partial charge in [0.15, 0.2) is 0 Å². The molecular formula is C13H18N4O2. The van der Waals surface area contributed by atoms with Crippen LogP contribution in [0.2, 0.25) is 0 Å². The van der Waals surface area contributed by atoms with Gasteiger partial charge in [-0.1, -0.05) is 23.3 Å². The van der Waals surface area contributed by atoms with Crippen molar-refractivity contribution in [3.8, 4) is 0 Å². The van der Waals surface area contributed by atoms with Crippen LogP contribution in [0.1, 0.15) is 29.2 Å². The minimum atomic E-state index is -0.943. The maximum absolute atomic E-state index is 10.1. The van der Waals surface area contributed by atoms with Crippen molar-refractivity contribution in [3.05, 3.63) is 45.3 Å². The highest BCUT2D eigenvalue weighted by atomic mass is 16.3. The molecule has 0 aliphatic carbocycles. The van der Waals surface area contributed by atoms with Crippen LogP contribution in [0, 0.1) is 0 Å². The molecule has 6 heteroatoms. The first-order valence-corrected chi connectivity index (χ1v) is 6.42. The smallest absolute Gasteiger partial charge is 0.105 e. The van der Waals surface area contributed by atoms with E-state index in [-0.39, 0.29) is 13.0 Å². The Morgan fingerprint density at radius 1 is 1.37 bits per heavy atom. The standard InChI is InChI=1S/C13H18N4O2/c14-17-16-6-4-12(18)13(19)10-2-1-9-3-5-15-8-11(9)7-10/h1-2,7,12-13,15,18-19H,3-6,8H2. The number of fused-ring (bicyclic) bond motifs is 1. The number of hydrogen-bond acceptors (Lipinski definition) is 4. The summed E-state index contributed by atoms with van der Waals surface area (Å²) in [6.45, 7) is 1.95. The SMILES string of the molecule is [N-]=[N+]=NCCC(O)C(O)c1ccc2c(c1)CNCC2. The zero-order chi connectivity index (χ0) is 13.7. The predicted octanol–water partition coefficient (Wildman–Crippen LogP) is 1.43. The molecule has 2 atom stereocenters. The molecular weight excluding hydrogens is 244 g/mol. The number of nitrogens with zero attached hydrogens (tertiary/aromatic N) is 3. The van der Waals surface area contributed by atoms with Crippen molar-refractivity contribution in [2.24, 2.45) is 5.11 Å². The monoisotopic (exact) mass is 262 g/mol. The van der Waals surface area contributed by atoms with Gasteiger partial charge in [0, 0.05) is 18.0 Å². The lowest BCUT2D eigenvalue weighted by molar-refractivity contribution is 0.0150. The molecule has 19 heavy (non-hydrogen) atoms. The summed E-state index contributed by atoms with van der Waals surface area (Å²) in [6, 6.07) is 5.80. The quantitative estimate of drug-likeness (QED) is 0.425. The summed E-state index contributed by atoms with van der Waals surface area (Å²) in [4.78, 5) is 2.62. The second-order valence-corrected chi connectivity index (χ2v) is 4.71. The molecule has 2 rings (SSSR count). The molecule has 0 spiro atoms. The van der Waals surface area contributed by atoms with Crippen molar-refractivity contribution in [2.45, 2.75) is 31.6 Å². The van der Waals surface area contributed by atoms with Gasteiger partial charge in [-0.15, -0.1) is 0 Å². The van der Waals surface area contributed by atoms with E-state index in [1.165, 1.54) is 11.1 Å². The molecule has 0 fully saturated rings. The molecule has 0 radical (unpaired) electrons. The Kier molecular flexibility index (Phi) is 4.76. The third-order valence-corrected chi connectivity index (χ3v) is 3.41. The first-order valence-electron chi connectivity index (χ1n) is 6.42. The summed E-state index contributed by atoms with van der Waals surface area (Å²) in [7, 11) is 0. The summed E-state index contributed by atoms with van der Waals surface area (Å²) in [5, 5.41) is 26.6. The van der Waals surface area contributed by atoms with E-state index in [9.17, 15) is 10.2 Å². The fourth-order valence-corrected chi connectivity index (χ4v) is 2.30. The highest BCUT2D eigenvalue weighted by molar-refractivity contribution is 5.35. The third-order valence-electron chi connectivity index (χ3n) is 3.41. The van der Waals surface area contributed by atoms with E-state index in [1.54, 1.807) is 0 Å². The Labute approximate surface area is 111 Å². The number of azide groups is 1. The zero-order valence-electron chi connectivity index (χ0n) is 10.7. The summed E-state index contributed by atoms with van der Waals surface area (Å²) >= 11 is 0. The normalized spacial score (nSPS) is 17.2. The first-order chi connectivity index (χ1) is 9.22. The number of hydrogen-bond donors (Lipinski definition) is 3. The van der Waals surface area contributed by atoms with Crippen molar-refractivity contribution < 1.29 is 10.2 Å². The molecule has 1 aliphatic heterocycles. The van der Waals surface area contributed by atoms with E-state index in [1.807, 2.05) is 18.2 Å². The molecule has 1 aliphatic rings. The van der Waals surface area contributed by atoms with Crippen molar-refractivity contribution in [1.29, 1.82) is 0 Å². The van der Waals surface area contributed by atoms with Crippen LogP contribution in [0.15, 0.2) is 23.3 Å². The number of aliphatic hydroxyl groups is 2. The molecule has 102 valence electrons. The third kappa shape index (κ3) is 3.45. The molecule has 1 aromatic rings. The number of rotatable bonds is 5. The van der Waals surface area contributed by atoms with E-state index in [0.717, 1.165) is 19.5 Å². The largest absolute Gasteiger partial charge is 0.390 e. The van der Waals surface area contributed by atoms with Crippen LogP contribution in [0.3, 0.4) is 0 Å². The lowest BCUT2D eigenvalue weighted by Gasteiger charge is -2.22. The Morgan fingerprint density at radius 3 is 3.00 bits per heavy atom. The molecule has 0 aromatic heterocycles. The molecule has 1 heterocycles. The van der Waals surface area contributed by atoms with Gasteiger partial charge < -0.3 is 15.5 Å². The number of aliphatic hydroxyl groups excluding tert-OH is 2. The Morgan fingerprint density at radius 2 is 2.21 bits per heavy atom. The van der Waals surface area contributed by atoms with Gasteiger partial charge in [-0.25, -0.2) is 0 Å².